The lowest BCUT2D eigenvalue weighted by atomic mass is 10.1. The van der Waals surface area contributed by atoms with Gasteiger partial charge < -0.3 is 28.6 Å². The second-order valence-corrected chi connectivity index (χ2v) is 10.6. The second kappa shape index (κ2) is 10.7. The molecule has 1 saturated carbocycles. The predicted octanol–water partition coefficient (Wildman–Crippen LogP) is 3.85. The lowest BCUT2D eigenvalue weighted by Gasteiger charge is -2.35. The molecule has 9 nitrogen and oxygen atoms in total. The van der Waals surface area contributed by atoms with Gasteiger partial charge >= 0.3 is 6.09 Å². The SMILES string of the molecule is COCCCn1cc(CN(C(=O)[C@H]2CN(C(=O)OC(C)(C)C)CCO2)C2CC2)c2c(Cl)ccnc21. The largest absolute Gasteiger partial charge is 0.444 e. The maximum absolute atomic E-state index is 13.6. The van der Waals surface area contributed by atoms with E-state index in [0.29, 0.717) is 31.3 Å². The molecule has 1 aliphatic heterocycles. The molecule has 0 spiro atoms. The molecule has 1 aliphatic carbocycles. The fraction of sp³-hybridized carbons (Fsp3) is 0.640. The van der Waals surface area contributed by atoms with Gasteiger partial charge in [0.2, 0.25) is 0 Å². The van der Waals surface area contributed by atoms with Crippen LogP contribution in [0.15, 0.2) is 18.5 Å². The third-order valence-corrected chi connectivity index (χ3v) is 6.45. The number of fused-ring (bicyclic) bond motifs is 1. The Morgan fingerprint density at radius 1 is 1.31 bits per heavy atom. The zero-order chi connectivity index (χ0) is 25.2. The monoisotopic (exact) mass is 506 g/mol. The average Bonchev–Trinajstić information content (AvgIpc) is 3.59. The summed E-state index contributed by atoms with van der Waals surface area (Å²) < 4.78 is 18.6. The number of carbonyl (C=O) groups excluding carboxylic acids is 2. The fourth-order valence-corrected chi connectivity index (χ4v) is 4.62. The number of pyridine rings is 1. The van der Waals surface area contributed by atoms with Crippen LogP contribution in [0.25, 0.3) is 11.0 Å². The molecule has 2 aromatic rings. The minimum Gasteiger partial charge on any atom is -0.444 e. The van der Waals surface area contributed by atoms with Crippen molar-refractivity contribution in [2.75, 3.05) is 33.4 Å². The van der Waals surface area contributed by atoms with Crippen molar-refractivity contribution >= 4 is 34.6 Å². The number of rotatable bonds is 8. The van der Waals surface area contributed by atoms with Gasteiger partial charge in [0.05, 0.1) is 18.2 Å². The van der Waals surface area contributed by atoms with Crippen LogP contribution in [0.2, 0.25) is 5.02 Å². The first kappa shape index (κ1) is 25.7. The number of aromatic nitrogens is 2. The number of ether oxygens (including phenoxy) is 3. The van der Waals surface area contributed by atoms with E-state index in [1.807, 2.05) is 31.9 Å². The topological polar surface area (TPSA) is 86.1 Å². The molecule has 0 bridgehead atoms. The van der Waals surface area contributed by atoms with Crippen LogP contribution >= 0.6 is 11.6 Å². The maximum atomic E-state index is 13.6. The van der Waals surface area contributed by atoms with Gasteiger partial charge in [0.1, 0.15) is 11.2 Å². The normalized spacial score (nSPS) is 18.7. The number of carbonyl (C=O) groups is 2. The van der Waals surface area contributed by atoms with E-state index in [2.05, 4.69) is 9.55 Å². The molecule has 0 radical (unpaired) electrons. The van der Waals surface area contributed by atoms with Crippen LogP contribution in [-0.4, -0.2) is 82.5 Å². The summed E-state index contributed by atoms with van der Waals surface area (Å²) in [6.45, 7) is 8.16. The second-order valence-electron chi connectivity index (χ2n) is 10.2. The Labute approximate surface area is 211 Å². The molecule has 2 aromatic heterocycles. The van der Waals surface area contributed by atoms with Crippen LogP contribution in [0.5, 0.6) is 0 Å². The first-order valence-corrected chi connectivity index (χ1v) is 12.6. The number of amides is 2. The van der Waals surface area contributed by atoms with Gasteiger partial charge in [0.25, 0.3) is 5.91 Å². The molecule has 1 saturated heterocycles. The van der Waals surface area contributed by atoms with E-state index in [0.717, 1.165) is 42.4 Å². The molecule has 0 unspecified atom stereocenters. The fourth-order valence-electron chi connectivity index (χ4n) is 4.36. The third kappa shape index (κ3) is 6.26. The van der Waals surface area contributed by atoms with E-state index in [9.17, 15) is 9.59 Å². The van der Waals surface area contributed by atoms with E-state index in [4.69, 9.17) is 25.8 Å². The summed E-state index contributed by atoms with van der Waals surface area (Å²) in [6, 6.07) is 1.93. The number of halogens is 1. The van der Waals surface area contributed by atoms with Gasteiger partial charge in [-0.1, -0.05) is 11.6 Å². The van der Waals surface area contributed by atoms with E-state index in [1.165, 1.54) is 0 Å². The number of hydrogen-bond donors (Lipinski definition) is 0. The molecule has 2 fully saturated rings. The Kier molecular flexibility index (Phi) is 7.88. The van der Waals surface area contributed by atoms with Crippen molar-refractivity contribution in [3.8, 4) is 0 Å². The molecule has 2 amide bonds. The molecular formula is C25H35ClN4O5. The average molecular weight is 507 g/mol. The van der Waals surface area contributed by atoms with E-state index < -0.39 is 17.8 Å². The van der Waals surface area contributed by atoms with Crippen LogP contribution in [-0.2, 0) is 32.1 Å². The first-order valence-electron chi connectivity index (χ1n) is 12.2. The number of morpholine rings is 1. The Hall–Kier alpha value is -2.36. The van der Waals surface area contributed by atoms with Crippen LogP contribution in [0.4, 0.5) is 4.79 Å². The van der Waals surface area contributed by atoms with Crippen molar-refractivity contribution in [1.82, 2.24) is 19.4 Å². The van der Waals surface area contributed by atoms with Crippen LogP contribution < -0.4 is 0 Å². The van der Waals surface area contributed by atoms with Crippen LogP contribution in [0.1, 0.15) is 45.6 Å². The molecule has 192 valence electrons. The van der Waals surface area contributed by atoms with Crippen molar-refractivity contribution in [3.05, 3.63) is 29.0 Å². The third-order valence-electron chi connectivity index (χ3n) is 6.14. The van der Waals surface area contributed by atoms with Gasteiger partial charge in [-0.25, -0.2) is 9.78 Å². The van der Waals surface area contributed by atoms with Crippen LogP contribution in [0.3, 0.4) is 0 Å². The Morgan fingerprint density at radius 2 is 2.09 bits per heavy atom. The highest BCUT2D eigenvalue weighted by Crippen LogP contribution is 2.34. The molecule has 3 heterocycles. The molecule has 1 atom stereocenters. The summed E-state index contributed by atoms with van der Waals surface area (Å²) in [5, 5.41) is 1.48. The summed E-state index contributed by atoms with van der Waals surface area (Å²) >= 11 is 6.59. The smallest absolute Gasteiger partial charge is 0.410 e. The van der Waals surface area contributed by atoms with Gasteiger partial charge in [0.15, 0.2) is 6.10 Å². The molecular weight excluding hydrogens is 472 g/mol. The predicted molar refractivity (Wildman–Crippen MR) is 132 cm³/mol. The molecule has 35 heavy (non-hydrogen) atoms. The van der Waals surface area contributed by atoms with E-state index in [1.54, 1.807) is 24.3 Å². The summed E-state index contributed by atoms with van der Waals surface area (Å²) in [6.07, 6.45) is 5.34. The molecule has 10 heteroatoms. The lowest BCUT2D eigenvalue weighted by molar-refractivity contribution is -0.150. The van der Waals surface area contributed by atoms with Gasteiger partial charge in [-0.3, -0.25) is 4.79 Å². The highest BCUT2D eigenvalue weighted by Gasteiger charge is 2.40. The summed E-state index contributed by atoms with van der Waals surface area (Å²) in [4.78, 5) is 34.2. The summed E-state index contributed by atoms with van der Waals surface area (Å²) in [5.41, 5.74) is 1.16. The van der Waals surface area contributed by atoms with Gasteiger partial charge in [0, 0.05) is 62.7 Å². The number of aryl methyl sites for hydroxylation is 1. The van der Waals surface area contributed by atoms with Gasteiger partial charge in [-0.2, -0.15) is 0 Å². The highest BCUT2D eigenvalue weighted by atomic mass is 35.5. The molecule has 4 rings (SSSR count). The number of nitrogens with zero attached hydrogens (tertiary/aromatic N) is 4. The van der Waals surface area contributed by atoms with Crippen molar-refractivity contribution in [1.29, 1.82) is 0 Å². The quantitative estimate of drug-likeness (QED) is 0.505. The van der Waals surface area contributed by atoms with Crippen molar-refractivity contribution in [2.24, 2.45) is 0 Å². The summed E-state index contributed by atoms with van der Waals surface area (Å²) in [5.74, 6) is -0.110. The molecule has 2 aliphatic rings. The van der Waals surface area contributed by atoms with Crippen molar-refractivity contribution in [2.45, 2.75) is 70.9 Å². The van der Waals surface area contributed by atoms with Crippen molar-refractivity contribution < 1.29 is 23.8 Å². The minimum atomic E-state index is -0.722. The van der Waals surface area contributed by atoms with Crippen LogP contribution in [0, 0.1) is 0 Å². The highest BCUT2D eigenvalue weighted by molar-refractivity contribution is 6.35. The standard InChI is InChI=1S/C25H35ClN4O5/c1-25(2,3)35-24(32)29-11-13-34-20(16-29)23(31)30(18-6-7-18)15-17-14-28(10-5-12-33-4)22-21(17)19(26)8-9-27-22/h8-9,14,18,20H,5-7,10-13,15-16H2,1-4H3/t20-/m1/s1. The zero-order valence-electron chi connectivity index (χ0n) is 21.0. The summed E-state index contributed by atoms with van der Waals surface area (Å²) in [7, 11) is 1.69. The van der Waals surface area contributed by atoms with Gasteiger partial charge in [-0.05, 0) is 46.1 Å². The van der Waals surface area contributed by atoms with E-state index >= 15 is 0 Å². The van der Waals surface area contributed by atoms with Crippen molar-refractivity contribution in [3.63, 3.8) is 0 Å². The molecule has 0 aromatic carbocycles. The lowest BCUT2D eigenvalue weighted by Crippen LogP contribution is -2.53. The Balaban J connectivity index is 1.53. The van der Waals surface area contributed by atoms with E-state index in [-0.39, 0.29) is 18.5 Å². The number of methoxy groups -OCH3 is 1. The Bertz CT molecular complexity index is 1060. The molecule has 0 N–H and O–H groups in total. The number of hydrogen-bond acceptors (Lipinski definition) is 6. The minimum absolute atomic E-state index is 0.110. The van der Waals surface area contributed by atoms with Gasteiger partial charge in [-0.15, -0.1) is 0 Å². The zero-order valence-corrected chi connectivity index (χ0v) is 21.7. The Morgan fingerprint density at radius 3 is 2.77 bits per heavy atom. The maximum Gasteiger partial charge on any atom is 0.410 e. The first-order chi connectivity index (χ1) is 16.7.